The highest BCUT2D eigenvalue weighted by Crippen LogP contribution is 2.29. The first-order valence-corrected chi connectivity index (χ1v) is 3.59. The van der Waals surface area contributed by atoms with E-state index in [0.717, 1.165) is 12.1 Å². The predicted octanol–water partition coefficient (Wildman–Crippen LogP) is 1.97. The summed E-state index contributed by atoms with van der Waals surface area (Å²) in [5.41, 5.74) is 2.32. The van der Waals surface area contributed by atoms with Crippen LogP contribution in [0.3, 0.4) is 0 Å². The van der Waals surface area contributed by atoms with Gasteiger partial charge in [0.1, 0.15) is 0 Å². The molecule has 13 heavy (non-hydrogen) atoms. The molecule has 2 rings (SSSR count). The maximum Gasteiger partial charge on any atom is 0.416 e. The van der Waals surface area contributed by atoms with E-state index in [1.165, 1.54) is 6.07 Å². The number of hydrogen-bond acceptors (Lipinski definition) is 2. The third-order valence-corrected chi connectivity index (χ3v) is 1.69. The third-order valence-electron chi connectivity index (χ3n) is 1.69. The van der Waals surface area contributed by atoms with E-state index in [1.807, 2.05) is 0 Å². The average molecular weight is 186 g/mol. The fourth-order valence-electron chi connectivity index (χ4n) is 1.000. The van der Waals surface area contributed by atoms with Gasteiger partial charge in [0.15, 0.2) is 5.84 Å². The first-order valence-electron chi connectivity index (χ1n) is 3.59. The Kier molecular flexibility index (Phi) is 1.55. The van der Waals surface area contributed by atoms with Gasteiger partial charge < -0.3 is 0 Å². The topological polar surface area (TPSA) is 34.3 Å². The van der Waals surface area contributed by atoms with Gasteiger partial charge in [-0.2, -0.15) is 18.3 Å². The Morgan fingerprint density at radius 2 is 1.92 bits per heavy atom. The molecule has 1 aliphatic heterocycles. The number of amidine groups is 1. The molecule has 0 radical (unpaired) electrons. The lowest BCUT2D eigenvalue weighted by atomic mass is 10.1. The molecule has 0 unspecified atom stereocenters. The Bertz CT molecular complexity index is 368. The van der Waals surface area contributed by atoms with Crippen LogP contribution in [-0.2, 0) is 6.18 Å². The second kappa shape index (κ2) is 2.48. The van der Waals surface area contributed by atoms with E-state index in [0.29, 0.717) is 11.4 Å². The van der Waals surface area contributed by atoms with Crippen molar-refractivity contribution in [2.75, 3.05) is 0 Å². The lowest BCUT2D eigenvalue weighted by Crippen LogP contribution is -2.06. The molecule has 0 fully saturated rings. The first kappa shape index (κ1) is 8.10. The van der Waals surface area contributed by atoms with Gasteiger partial charge in [0.25, 0.3) is 0 Å². The van der Waals surface area contributed by atoms with Crippen LogP contribution in [0, 0.1) is 0 Å². The van der Waals surface area contributed by atoms with Gasteiger partial charge in [0.05, 0.1) is 5.56 Å². The molecule has 1 aromatic carbocycles. The average Bonchev–Trinajstić information content (AvgIpc) is 2.85. The molecular weight excluding hydrogens is 181 g/mol. The second-order valence-electron chi connectivity index (χ2n) is 2.65. The fourth-order valence-corrected chi connectivity index (χ4v) is 1.000. The molecule has 0 saturated heterocycles. The van der Waals surface area contributed by atoms with Crippen LogP contribution in [0.1, 0.15) is 11.1 Å². The van der Waals surface area contributed by atoms with Crippen molar-refractivity contribution in [1.82, 2.24) is 5.43 Å². The van der Waals surface area contributed by atoms with Crippen molar-refractivity contribution in [3.05, 3.63) is 35.4 Å². The van der Waals surface area contributed by atoms with Gasteiger partial charge in [0.2, 0.25) is 0 Å². The van der Waals surface area contributed by atoms with Crippen LogP contribution in [0.5, 0.6) is 0 Å². The number of nitrogens with one attached hydrogen (secondary N) is 1. The maximum atomic E-state index is 12.2. The smallest absolute Gasteiger partial charge is 0.257 e. The van der Waals surface area contributed by atoms with Gasteiger partial charge in [-0.3, -0.25) is 5.43 Å². The molecular formula is C8H5F3N2. The summed E-state index contributed by atoms with van der Waals surface area (Å²) in [5.74, 6) is 0.506. The minimum absolute atomic E-state index is 0.467. The number of hydrogen-bond donors (Lipinski definition) is 1. The summed E-state index contributed by atoms with van der Waals surface area (Å²) in [6.45, 7) is 0. The molecule has 2 nitrogen and oxygen atoms in total. The molecule has 0 aromatic heterocycles. The Balaban J connectivity index is 2.37. The Hall–Kier alpha value is -1.52. The summed E-state index contributed by atoms with van der Waals surface area (Å²) in [6.07, 6.45) is -4.29. The maximum absolute atomic E-state index is 12.2. The van der Waals surface area contributed by atoms with E-state index < -0.39 is 11.7 Å². The highest BCUT2D eigenvalue weighted by molar-refractivity contribution is 6.05. The molecule has 0 bridgehead atoms. The van der Waals surface area contributed by atoms with E-state index in [2.05, 4.69) is 10.5 Å². The number of alkyl halides is 3. The number of benzene rings is 1. The SMILES string of the molecule is FC(F)(F)c1cccc(C2=NN2)c1. The summed E-state index contributed by atoms with van der Waals surface area (Å²) in [4.78, 5) is 0. The molecule has 0 aliphatic carbocycles. The van der Waals surface area contributed by atoms with Crippen LogP contribution < -0.4 is 5.43 Å². The van der Waals surface area contributed by atoms with Crippen molar-refractivity contribution in [2.45, 2.75) is 6.18 Å². The lowest BCUT2D eigenvalue weighted by molar-refractivity contribution is -0.137. The number of rotatable bonds is 1. The van der Waals surface area contributed by atoms with Gasteiger partial charge >= 0.3 is 6.18 Å². The number of hydrazone groups is 1. The Morgan fingerprint density at radius 3 is 2.46 bits per heavy atom. The van der Waals surface area contributed by atoms with E-state index in [4.69, 9.17) is 0 Å². The Morgan fingerprint density at radius 1 is 1.23 bits per heavy atom. The van der Waals surface area contributed by atoms with Gasteiger partial charge in [-0.05, 0) is 12.1 Å². The van der Waals surface area contributed by atoms with Crippen molar-refractivity contribution in [2.24, 2.45) is 5.10 Å². The highest BCUT2D eigenvalue weighted by Gasteiger charge is 2.31. The van der Waals surface area contributed by atoms with Crippen LogP contribution in [-0.4, -0.2) is 5.84 Å². The predicted molar refractivity (Wildman–Crippen MR) is 41.1 cm³/mol. The molecule has 0 atom stereocenters. The minimum atomic E-state index is -4.29. The van der Waals surface area contributed by atoms with Crippen molar-refractivity contribution < 1.29 is 13.2 Å². The second-order valence-corrected chi connectivity index (χ2v) is 2.65. The number of nitrogens with zero attached hydrogens (tertiary/aromatic N) is 1. The largest absolute Gasteiger partial charge is 0.416 e. The van der Waals surface area contributed by atoms with Crippen molar-refractivity contribution in [3.63, 3.8) is 0 Å². The molecule has 0 saturated carbocycles. The molecule has 1 heterocycles. The fraction of sp³-hybridized carbons (Fsp3) is 0.125. The molecule has 1 aromatic rings. The zero-order chi connectivity index (χ0) is 9.47. The van der Waals surface area contributed by atoms with Gasteiger partial charge in [0, 0.05) is 5.56 Å². The Labute approximate surface area is 72.1 Å². The highest BCUT2D eigenvalue weighted by atomic mass is 19.4. The van der Waals surface area contributed by atoms with Crippen molar-refractivity contribution >= 4 is 5.84 Å². The first-order chi connectivity index (χ1) is 6.07. The summed E-state index contributed by atoms with van der Waals surface area (Å²) in [7, 11) is 0. The van der Waals surface area contributed by atoms with Crippen LogP contribution in [0.4, 0.5) is 13.2 Å². The van der Waals surface area contributed by atoms with Gasteiger partial charge in [-0.15, -0.1) is 0 Å². The van der Waals surface area contributed by atoms with Crippen LogP contribution >= 0.6 is 0 Å². The van der Waals surface area contributed by atoms with Crippen LogP contribution in [0.25, 0.3) is 0 Å². The third kappa shape index (κ3) is 1.63. The van der Waals surface area contributed by atoms with Crippen molar-refractivity contribution in [3.8, 4) is 0 Å². The monoisotopic (exact) mass is 186 g/mol. The summed E-state index contributed by atoms with van der Waals surface area (Å²) >= 11 is 0. The molecule has 1 N–H and O–H groups in total. The van der Waals surface area contributed by atoms with E-state index in [-0.39, 0.29) is 0 Å². The minimum Gasteiger partial charge on any atom is -0.257 e. The lowest BCUT2D eigenvalue weighted by Gasteiger charge is -2.05. The van der Waals surface area contributed by atoms with E-state index in [1.54, 1.807) is 6.07 Å². The summed E-state index contributed by atoms with van der Waals surface area (Å²) in [5, 5.41) is 3.60. The van der Waals surface area contributed by atoms with Crippen LogP contribution in [0.2, 0.25) is 0 Å². The van der Waals surface area contributed by atoms with Crippen molar-refractivity contribution in [1.29, 1.82) is 0 Å². The molecule has 68 valence electrons. The standard InChI is InChI=1S/C8H5F3N2/c9-8(10,11)6-3-1-2-5(4-6)7-12-13-7/h1-4H,(H,12,13). The van der Waals surface area contributed by atoms with Gasteiger partial charge in [-0.25, -0.2) is 0 Å². The number of halogens is 3. The van der Waals surface area contributed by atoms with E-state index >= 15 is 0 Å². The molecule has 1 aliphatic rings. The molecule has 5 heteroatoms. The van der Waals surface area contributed by atoms with Crippen LogP contribution in [0.15, 0.2) is 29.4 Å². The zero-order valence-corrected chi connectivity index (χ0v) is 6.39. The van der Waals surface area contributed by atoms with E-state index in [9.17, 15) is 13.2 Å². The zero-order valence-electron chi connectivity index (χ0n) is 6.39. The molecule has 0 amide bonds. The summed E-state index contributed by atoms with van der Waals surface area (Å²) < 4.78 is 36.6. The van der Waals surface area contributed by atoms with Gasteiger partial charge in [-0.1, -0.05) is 12.1 Å². The molecule has 0 spiro atoms. The quantitative estimate of drug-likeness (QED) is 0.714. The summed E-state index contributed by atoms with van der Waals surface area (Å²) in [6, 6.07) is 5.04. The normalized spacial score (nSPS) is 14.8.